The zero-order valence-electron chi connectivity index (χ0n) is 18.0. The van der Waals surface area contributed by atoms with Gasteiger partial charge < -0.3 is 4.74 Å². The fourth-order valence-electron chi connectivity index (χ4n) is 3.32. The largest absolute Gasteiger partial charge is 0.463 e. The van der Waals surface area contributed by atoms with E-state index in [1.54, 1.807) is 6.92 Å². The van der Waals surface area contributed by atoms with Gasteiger partial charge in [-0.3, -0.25) is 0 Å². The van der Waals surface area contributed by atoms with Crippen LogP contribution in [0.5, 0.6) is 0 Å². The lowest BCUT2D eigenvalue weighted by atomic mass is 9.92. The molecule has 0 fully saturated rings. The van der Waals surface area contributed by atoms with Crippen LogP contribution in [0.2, 0.25) is 0 Å². The van der Waals surface area contributed by atoms with Gasteiger partial charge in [-0.15, -0.1) is 0 Å². The molecule has 1 unspecified atom stereocenters. The quantitative estimate of drug-likeness (QED) is 0.383. The van der Waals surface area contributed by atoms with Gasteiger partial charge >= 0.3 is 5.97 Å². The Balaban J connectivity index is 2.11. The number of carbonyl (C=O) groups excluding carboxylic acids is 1. The molecule has 3 aromatic rings. The second-order valence-corrected chi connectivity index (χ2v) is 8.41. The maximum absolute atomic E-state index is 13.2. The third-order valence-corrected chi connectivity index (χ3v) is 6.14. The molecule has 0 saturated carbocycles. The lowest BCUT2D eigenvalue weighted by Crippen LogP contribution is -2.30. The molecule has 5 heteroatoms. The van der Waals surface area contributed by atoms with Crippen molar-refractivity contribution in [1.82, 2.24) is 4.72 Å². The number of ether oxygens (including phenoxy) is 1. The Morgan fingerprint density at radius 2 is 1.52 bits per heavy atom. The fourth-order valence-corrected chi connectivity index (χ4v) is 4.30. The molecule has 0 heterocycles. The van der Waals surface area contributed by atoms with Crippen LogP contribution < -0.4 is 4.72 Å². The fraction of sp³-hybridized carbons (Fsp3) is 0.192. The van der Waals surface area contributed by atoms with Crippen molar-refractivity contribution >= 4 is 22.5 Å². The number of rotatable bonds is 8. The van der Waals surface area contributed by atoms with Crippen LogP contribution in [-0.4, -0.2) is 16.8 Å². The molecule has 0 spiro atoms. The highest BCUT2D eigenvalue weighted by atomic mass is 32.2. The highest BCUT2D eigenvalue weighted by Crippen LogP contribution is 2.31. The van der Waals surface area contributed by atoms with Gasteiger partial charge in [-0.25, -0.2) is 13.7 Å². The average Bonchev–Trinajstić information content (AvgIpc) is 2.80. The van der Waals surface area contributed by atoms with Gasteiger partial charge in [-0.1, -0.05) is 78.4 Å². The van der Waals surface area contributed by atoms with Crippen LogP contribution in [0.1, 0.15) is 36.6 Å². The molecule has 4 nitrogen and oxygen atoms in total. The first-order chi connectivity index (χ1) is 15.0. The van der Waals surface area contributed by atoms with Crippen molar-refractivity contribution in [2.45, 2.75) is 31.7 Å². The molecular weight excluding hydrogens is 406 g/mol. The predicted octanol–water partition coefficient (Wildman–Crippen LogP) is 5.39. The number of aryl methyl sites for hydroxylation is 1. The number of hydrogen-bond acceptors (Lipinski definition) is 3. The molecule has 3 aromatic carbocycles. The van der Waals surface area contributed by atoms with E-state index in [0.29, 0.717) is 10.5 Å². The highest BCUT2D eigenvalue weighted by Gasteiger charge is 2.28. The first-order valence-electron chi connectivity index (χ1n) is 10.2. The van der Waals surface area contributed by atoms with Crippen molar-refractivity contribution in [3.05, 3.63) is 107 Å². The van der Waals surface area contributed by atoms with Crippen molar-refractivity contribution < 1.29 is 13.7 Å². The number of allylic oxidation sites excluding steroid dienone is 1. The smallest absolute Gasteiger partial charge is 0.336 e. The van der Waals surface area contributed by atoms with E-state index in [1.165, 1.54) is 0 Å². The second kappa shape index (κ2) is 10.8. The van der Waals surface area contributed by atoms with Crippen LogP contribution in [0.15, 0.2) is 95.4 Å². The van der Waals surface area contributed by atoms with Crippen molar-refractivity contribution in [2.24, 2.45) is 0 Å². The Kier molecular flexibility index (Phi) is 7.93. The van der Waals surface area contributed by atoms with E-state index in [1.807, 2.05) is 98.8 Å². The molecule has 160 valence electrons. The van der Waals surface area contributed by atoms with E-state index in [2.05, 4.69) is 4.72 Å². The zero-order chi connectivity index (χ0) is 22.2. The van der Waals surface area contributed by atoms with Gasteiger partial charge in [0.05, 0.1) is 23.1 Å². The first-order valence-corrected chi connectivity index (χ1v) is 11.4. The Labute approximate surface area is 186 Å². The minimum atomic E-state index is -1.53. The van der Waals surface area contributed by atoms with Gasteiger partial charge in [0.1, 0.15) is 11.0 Å². The molecule has 0 aromatic heterocycles. The van der Waals surface area contributed by atoms with Gasteiger partial charge in [0.2, 0.25) is 0 Å². The summed E-state index contributed by atoms with van der Waals surface area (Å²) in [4.78, 5) is 13.8. The van der Waals surface area contributed by atoms with Crippen LogP contribution in [0.25, 0.3) is 5.57 Å². The molecule has 0 saturated heterocycles. The highest BCUT2D eigenvalue weighted by molar-refractivity contribution is 7.83. The summed E-state index contributed by atoms with van der Waals surface area (Å²) < 4.78 is 21.8. The van der Waals surface area contributed by atoms with Gasteiger partial charge in [0.15, 0.2) is 0 Å². The van der Waals surface area contributed by atoms with Gasteiger partial charge in [0.25, 0.3) is 0 Å². The van der Waals surface area contributed by atoms with Crippen LogP contribution in [-0.2, 0) is 20.5 Å². The van der Waals surface area contributed by atoms with Crippen molar-refractivity contribution in [3.63, 3.8) is 0 Å². The third-order valence-electron chi connectivity index (χ3n) is 4.99. The number of carbonyl (C=O) groups is 1. The maximum Gasteiger partial charge on any atom is 0.336 e. The van der Waals surface area contributed by atoms with E-state index in [4.69, 9.17) is 4.74 Å². The van der Waals surface area contributed by atoms with Crippen molar-refractivity contribution in [3.8, 4) is 0 Å². The summed E-state index contributed by atoms with van der Waals surface area (Å²) >= 11 is 0. The Morgan fingerprint density at radius 1 is 0.935 bits per heavy atom. The SMILES string of the molecule is CCOC(=O)/C(=C(/C)c1ccccc1)[C@@H](NS(=O)c1ccc(C)cc1)c1ccccc1. The maximum atomic E-state index is 13.2. The number of benzene rings is 3. The molecule has 3 rings (SSSR count). The lowest BCUT2D eigenvalue weighted by Gasteiger charge is -2.23. The summed E-state index contributed by atoms with van der Waals surface area (Å²) in [5.74, 6) is -0.425. The number of nitrogens with one attached hydrogen (secondary N) is 1. The molecule has 2 atom stereocenters. The zero-order valence-corrected chi connectivity index (χ0v) is 18.8. The Morgan fingerprint density at radius 3 is 2.10 bits per heavy atom. The molecule has 0 amide bonds. The Hall–Kier alpha value is -3.02. The number of esters is 1. The van der Waals surface area contributed by atoms with Gasteiger partial charge in [-0.2, -0.15) is 0 Å². The van der Waals surface area contributed by atoms with E-state index in [-0.39, 0.29) is 6.61 Å². The summed E-state index contributed by atoms with van der Waals surface area (Å²) in [7, 11) is -1.53. The lowest BCUT2D eigenvalue weighted by molar-refractivity contribution is -0.138. The average molecular weight is 434 g/mol. The molecule has 0 aliphatic heterocycles. The number of hydrogen-bond donors (Lipinski definition) is 1. The van der Waals surface area contributed by atoms with Gasteiger partial charge in [0, 0.05) is 0 Å². The van der Waals surface area contributed by atoms with E-state index < -0.39 is 23.0 Å². The summed E-state index contributed by atoms with van der Waals surface area (Å²) in [5, 5.41) is 0. The second-order valence-electron chi connectivity index (χ2n) is 7.17. The topological polar surface area (TPSA) is 55.4 Å². The van der Waals surface area contributed by atoms with Crippen LogP contribution in [0, 0.1) is 6.92 Å². The summed E-state index contributed by atoms with van der Waals surface area (Å²) in [6, 6.07) is 26.1. The van der Waals surface area contributed by atoms with E-state index >= 15 is 0 Å². The molecule has 0 aliphatic carbocycles. The standard InChI is InChI=1S/C26H27NO3S/c1-4-30-26(28)24(20(3)21-11-7-5-8-12-21)25(22-13-9-6-10-14-22)27-31(29)23-17-15-19(2)16-18-23/h5-18,25,27H,4H2,1-3H3/b24-20-/t25-,31?/m0/s1. The van der Waals surface area contributed by atoms with E-state index in [9.17, 15) is 9.00 Å². The van der Waals surface area contributed by atoms with Crippen LogP contribution in [0.4, 0.5) is 0 Å². The minimum absolute atomic E-state index is 0.257. The van der Waals surface area contributed by atoms with Crippen LogP contribution >= 0.6 is 0 Å². The molecule has 0 radical (unpaired) electrons. The normalized spacial score (nSPS) is 13.8. The van der Waals surface area contributed by atoms with Crippen molar-refractivity contribution in [1.29, 1.82) is 0 Å². The van der Waals surface area contributed by atoms with Crippen LogP contribution in [0.3, 0.4) is 0 Å². The molecule has 31 heavy (non-hydrogen) atoms. The first kappa shape index (κ1) is 22.7. The summed E-state index contributed by atoms with van der Waals surface area (Å²) in [5.41, 5.74) is 4.06. The third kappa shape index (κ3) is 5.78. The van der Waals surface area contributed by atoms with E-state index in [0.717, 1.165) is 22.3 Å². The predicted molar refractivity (Wildman–Crippen MR) is 126 cm³/mol. The molecule has 1 N–H and O–H groups in total. The van der Waals surface area contributed by atoms with Crippen molar-refractivity contribution in [2.75, 3.05) is 6.61 Å². The summed E-state index contributed by atoms with van der Waals surface area (Å²) in [6.07, 6.45) is 0. The summed E-state index contributed by atoms with van der Waals surface area (Å²) in [6.45, 7) is 5.92. The molecular formula is C26H27NO3S. The minimum Gasteiger partial charge on any atom is -0.463 e. The Bertz CT molecular complexity index is 1060. The molecule has 0 aliphatic rings. The van der Waals surface area contributed by atoms with Gasteiger partial charge in [-0.05, 0) is 49.6 Å². The monoisotopic (exact) mass is 433 g/mol. The molecule has 0 bridgehead atoms.